The van der Waals surface area contributed by atoms with Crippen LogP contribution in [0.4, 0.5) is 0 Å². The standard InChI is InChI=1S/C24H24O7S/c1-28-20-9-4-17(5-10-20)15-30-22-13-8-19(14-23(22)32(3,26)27)24(25)31-16-18-6-11-21(29-2)12-7-18/h4-14H,15-16H2,1-3H3. The van der Waals surface area contributed by atoms with E-state index in [1.807, 2.05) is 12.1 Å². The largest absolute Gasteiger partial charge is 0.497 e. The van der Waals surface area contributed by atoms with E-state index in [0.29, 0.717) is 11.5 Å². The predicted octanol–water partition coefficient (Wildman–Crippen LogP) is 4.04. The monoisotopic (exact) mass is 456 g/mol. The van der Waals surface area contributed by atoms with Crippen LogP contribution in [0.25, 0.3) is 0 Å². The molecule has 0 saturated carbocycles. The first-order valence-electron chi connectivity index (χ1n) is 9.70. The highest BCUT2D eigenvalue weighted by Crippen LogP contribution is 2.27. The van der Waals surface area contributed by atoms with Crippen molar-refractivity contribution in [1.82, 2.24) is 0 Å². The Morgan fingerprint density at radius 1 is 0.781 bits per heavy atom. The summed E-state index contributed by atoms with van der Waals surface area (Å²) < 4.78 is 45.9. The fraction of sp³-hybridized carbons (Fsp3) is 0.208. The van der Waals surface area contributed by atoms with Gasteiger partial charge >= 0.3 is 5.97 Å². The Morgan fingerprint density at radius 3 is 1.81 bits per heavy atom. The fourth-order valence-corrected chi connectivity index (χ4v) is 3.71. The number of sulfone groups is 1. The lowest BCUT2D eigenvalue weighted by molar-refractivity contribution is 0.0472. The second-order valence-electron chi connectivity index (χ2n) is 6.99. The van der Waals surface area contributed by atoms with Gasteiger partial charge in [-0.25, -0.2) is 13.2 Å². The first kappa shape index (κ1) is 23.1. The molecular formula is C24H24O7S. The van der Waals surface area contributed by atoms with Crippen LogP contribution in [0.3, 0.4) is 0 Å². The number of methoxy groups -OCH3 is 2. The van der Waals surface area contributed by atoms with E-state index in [1.165, 1.54) is 18.2 Å². The molecule has 0 amide bonds. The zero-order valence-electron chi connectivity index (χ0n) is 18.0. The van der Waals surface area contributed by atoms with Gasteiger partial charge in [0.15, 0.2) is 9.84 Å². The summed E-state index contributed by atoms with van der Waals surface area (Å²) in [6.07, 6.45) is 1.06. The van der Waals surface area contributed by atoms with Gasteiger partial charge in [-0.1, -0.05) is 24.3 Å². The van der Waals surface area contributed by atoms with Gasteiger partial charge in [0.05, 0.1) is 19.8 Å². The molecule has 0 heterocycles. The van der Waals surface area contributed by atoms with Gasteiger partial charge in [0.1, 0.15) is 35.4 Å². The fourth-order valence-electron chi connectivity index (χ4n) is 2.88. The van der Waals surface area contributed by atoms with Crippen molar-refractivity contribution in [3.05, 3.63) is 83.4 Å². The van der Waals surface area contributed by atoms with Gasteiger partial charge in [0, 0.05) is 6.26 Å². The van der Waals surface area contributed by atoms with Crippen LogP contribution >= 0.6 is 0 Å². The molecule has 0 aliphatic heterocycles. The average Bonchev–Trinajstić information content (AvgIpc) is 2.81. The molecule has 0 atom stereocenters. The second kappa shape index (κ2) is 10.2. The maximum atomic E-state index is 12.5. The molecule has 7 nitrogen and oxygen atoms in total. The number of rotatable bonds is 9. The third-order valence-electron chi connectivity index (χ3n) is 4.66. The Balaban J connectivity index is 1.72. The number of carbonyl (C=O) groups is 1. The number of ether oxygens (including phenoxy) is 4. The third-order valence-corrected chi connectivity index (χ3v) is 5.78. The van der Waals surface area contributed by atoms with Crippen LogP contribution in [0.1, 0.15) is 21.5 Å². The van der Waals surface area contributed by atoms with Crippen molar-refractivity contribution in [2.24, 2.45) is 0 Å². The van der Waals surface area contributed by atoms with Crippen molar-refractivity contribution in [3.8, 4) is 17.2 Å². The zero-order valence-corrected chi connectivity index (χ0v) is 18.8. The molecule has 0 aromatic heterocycles. The van der Waals surface area contributed by atoms with Crippen LogP contribution in [0, 0.1) is 0 Å². The quantitative estimate of drug-likeness (QED) is 0.449. The topological polar surface area (TPSA) is 88.1 Å². The Kier molecular flexibility index (Phi) is 7.37. The molecule has 3 aromatic rings. The number of carbonyl (C=O) groups excluding carboxylic acids is 1. The molecule has 0 fully saturated rings. The maximum absolute atomic E-state index is 12.5. The van der Waals surface area contributed by atoms with Crippen LogP contribution in [-0.4, -0.2) is 34.9 Å². The zero-order chi connectivity index (χ0) is 23.1. The smallest absolute Gasteiger partial charge is 0.338 e. The van der Waals surface area contributed by atoms with E-state index in [-0.39, 0.29) is 29.4 Å². The molecule has 3 aromatic carbocycles. The van der Waals surface area contributed by atoms with E-state index in [0.717, 1.165) is 17.4 Å². The van der Waals surface area contributed by atoms with Crippen LogP contribution in [0.2, 0.25) is 0 Å². The summed E-state index contributed by atoms with van der Waals surface area (Å²) >= 11 is 0. The lowest BCUT2D eigenvalue weighted by Gasteiger charge is -2.13. The first-order valence-corrected chi connectivity index (χ1v) is 11.6. The minimum absolute atomic E-state index is 0.0484. The molecule has 8 heteroatoms. The number of benzene rings is 3. The van der Waals surface area contributed by atoms with E-state index < -0.39 is 15.8 Å². The number of esters is 1. The van der Waals surface area contributed by atoms with E-state index in [4.69, 9.17) is 18.9 Å². The maximum Gasteiger partial charge on any atom is 0.338 e. The molecule has 0 saturated heterocycles. The van der Waals surface area contributed by atoms with Crippen LogP contribution in [-0.2, 0) is 27.8 Å². The molecule has 3 rings (SSSR count). The second-order valence-corrected chi connectivity index (χ2v) is 8.98. The molecule has 0 aliphatic rings. The molecule has 0 N–H and O–H groups in total. The van der Waals surface area contributed by atoms with Gasteiger partial charge in [-0.2, -0.15) is 0 Å². The van der Waals surface area contributed by atoms with Gasteiger partial charge < -0.3 is 18.9 Å². The summed E-state index contributed by atoms with van der Waals surface area (Å²) in [4.78, 5) is 12.4. The highest BCUT2D eigenvalue weighted by molar-refractivity contribution is 7.90. The van der Waals surface area contributed by atoms with Crippen molar-refractivity contribution < 1.29 is 32.2 Å². The lowest BCUT2D eigenvalue weighted by atomic mass is 10.2. The van der Waals surface area contributed by atoms with Gasteiger partial charge in [-0.05, 0) is 53.6 Å². The highest BCUT2D eigenvalue weighted by Gasteiger charge is 2.19. The summed E-state index contributed by atoms with van der Waals surface area (Å²) in [5, 5.41) is 0. The molecule has 0 aliphatic carbocycles. The average molecular weight is 457 g/mol. The summed E-state index contributed by atoms with van der Waals surface area (Å²) in [6, 6.07) is 18.5. The summed E-state index contributed by atoms with van der Waals surface area (Å²) in [5.41, 5.74) is 1.74. The van der Waals surface area contributed by atoms with Gasteiger partial charge in [0.25, 0.3) is 0 Å². The van der Waals surface area contributed by atoms with Crippen molar-refractivity contribution in [2.45, 2.75) is 18.1 Å². The van der Waals surface area contributed by atoms with E-state index in [9.17, 15) is 13.2 Å². The Hall–Kier alpha value is -3.52. The van der Waals surface area contributed by atoms with Crippen molar-refractivity contribution in [1.29, 1.82) is 0 Å². The summed E-state index contributed by atoms with van der Waals surface area (Å²) in [6.45, 7) is 0.209. The number of hydrogen-bond donors (Lipinski definition) is 0. The SMILES string of the molecule is COc1ccc(COC(=O)c2ccc(OCc3ccc(OC)cc3)c(S(C)(=O)=O)c2)cc1. The molecule has 0 spiro atoms. The molecule has 0 radical (unpaired) electrons. The normalized spacial score (nSPS) is 11.0. The molecular weight excluding hydrogens is 432 g/mol. The number of hydrogen-bond acceptors (Lipinski definition) is 7. The Bertz CT molecular complexity index is 1170. The summed E-state index contributed by atoms with van der Waals surface area (Å²) in [5.74, 6) is 0.939. The minimum atomic E-state index is -3.65. The van der Waals surface area contributed by atoms with Crippen LogP contribution in [0.5, 0.6) is 17.2 Å². The van der Waals surface area contributed by atoms with E-state index in [2.05, 4.69) is 0 Å². The van der Waals surface area contributed by atoms with E-state index >= 15 is 0 Å². The molecule has 0 unspecified atom stereocenters. The predicted molar refractivity (Wildman–Crippen MR) is 119 cm³/mol. The van der Waals surface area contributed by atoms with Gasteiger partial charge in [0.2, 0.25) is 0 Å². The van der Waals surface area contributed by atoms with Crippen LogP contribution in [0.15, 0.2) is 71.6 Å². The Labute approximate surface area is 187 Å². The van der Waals surface area contributed by atoms with Crippen molar-refractivity contribution in [2.75, 3.05) is 20.5 Å². The lowest BCUT2D eigenvalue weighted by Crippen LogP contribution is -2.09. The highest BCUT2D eigenvalue weighted by atomic mass is 32.2. The molecule has 32 heavy (non-hydrogen) atoms. The minimum Gasteiger partial charge on any atom is -0.497 e. The van der Waals surface area contributed by atoms with Crippen molar-refractivity contribution >= 4 is 15.8 Å². The van der Waals surface area contributed by atoms with Gasteiger partial charge in [-0.3, -0.25) is 0 Å². The van der Waals surface area contributed by atoms with E-state index in [1.54, 1.807) is 50.6 Å². The third kappa shape index (κ3) is 6.01. The first-order chi connectivity index (χ1) is 15.3. The summed E-state index contributed by atoms with van der Waals surface area (Å²) in [7, 11) is -0.501. The van der Waals surface area contributed by atoms with Gasteiger partial charge in [-0.15, -0.1) is 0 Å². The van der Waals surface area contributed by atoms with Crippen molar-refractivity contribution in [3.63, 3.8) is 0 Å². The molecule has 0 bridgehead atoms. The molecule has 168 valence electrons. The Morgan fingerprint density at radius 2 is 1.31 bits per heavy atom. The van der Waals surface area contributed by atoms with Crippen LogP contribution < -0.4 is 14.2 Å².